The van der Waals surface area contributed by atoms with E-state index < -0.39 is 0 Å². The molecule has 112 valence electrons. The smallest absolute Gasteiger partial charge is 0.269 e. The minimum atomic E-state index is -0.371. The van der Waals surface area contributed by atoms with Crippen molar-refractivity contribution in [1.29, 1.82) is 0 Å². The number of hydrazine groups is 1. The van der Waals surface area contributed by atoms with E-state index in [2.05, 4.69) is 22.5 Å². The Labute approximate surface area is 123 Å². The predicted octanol–water partition coefficient (Wildman–Crippen LogP) is 2.17. The largest absolute Gasteiger partial charge is 0.491 e. The molecule has 1 atom stereocenters. The molecule has 1 aromatic heterocycles. The Morgan fingerprint density at radius 3 is 2.95 bits per heavy atom. The molecule has 0 aliphatic carbocycles. The van der Waals surface area contributed by atoms with Crippen LogP contribution in [-0.4, -0.2) is 22.2 Å². The van der Waals surface area contributed by atoms with Gasteiger partial charge in [-0.05, 0) is 32.4 Å². The van der Waals surface area contributed by atoms with Gasteiger partial charge < -0.3 is 4.74 Å². The summed E-state index contributed by atoms with van der Waals surface area (Å²) in [5, 5.41) is 7.01. The van der Waals surface area contributed by atoms with Crippen molar-refractivity contribution in [3.05, 3.63) is 35.5 Å². The third kappa shape index (κ3) is 3.22. The van der Waals surface area contributed by atoms with E-state index in [1.807, 2.05) is 31.2 Å². The maximum atomic E-state index is 11.9. The van der Waals surface area contributed by atoms with E-state index in [4.69, 9.17) is 10.6 Å². The lowest BCUT2D eigenvalue weighted by molar-refractivity contribution is 0.0953. The number of benzene rings is 1. The highest BCUT2D eigenvalue weighted by atomic mass is 16.5. The maximum Gasteiger partial charge on any atom is 0.269 e. The molecule has 0 fully saturated rings. The highest BCUT2D eigenvalue weighted by Gasteiger charge is 2.19. The van der Waals surface area contributed by atoms with Gasteiger partial charge in [0.2, 0.25) is 0 Å². The van der Waals surface area contributed by atoms with Crippen LogP contribution < -0.4 is 16.0 Å². The van der Waals surface area contributed by atoms with Gasteiger partial charge >= 0.3 is 0 Å². The van der Waals surface area contributed by atoms with E-state index in [1.54, 1.807) is 6.92 Å². The Balaban J connectivity index is 2.39. The standard InChI is InChI=1S/C15H20N4O2/c1-4-9(2)21-12-7-5-6-11(8-12)14-13(15(20)17-16)10(3)18-19-14/h5-9H,4,16H2,1-3H3,(H,17,20)(H,18,19). The second kappa shape index (κ2) is 6.41. The monoisotopic (exact) mass is 288 g/mol. The second-order valence-corrected chi connectivity index (χ2v) is 4.91. The van der Waals surface area contributed by atoms with Gasteiger partial charge in [-0.3, -0.25) is 15.3 Å². The first kappa shape index (κ1) is 15.1. The highest BCUT2D eigenvalue weighted by molar-refractivity contribution is 6.00. The Hall–Kier alpha value is -2.34. The summed E-state index contributed by atoms with van der Waals surface area (Å²) >= 11 is 0. The van der Waals surface area contributed by atoms with Crippen molar-refractivity contribution in [2.45, 2.75) is 33.3 Å². The second-order valence-electron chi connectivity index (χ2n) is 4.91. The molecule has 4 N–H and O–H groups in total. The summed E-state index contributed by atoms with van der Waals surface area (Å²) in [6.45, 7) is 5.86. The lowest BCUT2D eigenvalue weighted by Gasteiger charge is -2.13. The number of nitrogens with zero attached hydrogens (tertiary/aromatic N) is 1. The fraction of sp³-hybridized carbons (Fsp3) is 0.333. The SMILES string of the molecule is CCC(C)Oc1cccc(-c2n[nH]c(C)c2C(=O)NN)c1. The van der Waals surface area contributed by atoms with Crippen molar-refractivity contribution in [2.75, 3.05) is 0 Å². The highest BCUT2D eigenvalue weighted by Crippen LogP contribution is 2.27. The third-order valence-electron chi connectivity index (χ3n) is 3.33. The molecule has 2 rings (SSSR count). The Morgan fingerprint density at radius 1 is 1.52 bits per heavy atom. The number of hydrogen-bond donors (Lipinski definition) is 3. The third-order valence-corrected chi connectivity index (χ3v) is 3.33. The number of carbonyl (C=O) groups excluding carboxylic acids is 1. The van der Waals surface area contributed by atoms with Crippen molar-refractivity contribution in [3.63, 3.8) is 0 Å². The Kier molecular flexibility index (Phi) is 4.59. The average Bonchev–Trinajstić information content (AvgIpc) is 2.88. The number of hydrogen-bond acceptors (Lipinski definition) is 4. The van der Waals surface area contributed by atoms with Crippen molar-refractivity contribution >= 4 is 5.91 Å². The molecule has 0 aliphatic heterocycles. The Morgan fingerprint density at radius 2 is 2.29 bits per heavy atom. The number of aromatic amines is 1. The van der Waals surface area contributed by atoms with Crippen LogP contribution in [0.5, 0.6) is 5.75 Å². The van der Waals surface area contributed by atoms with E-state index in [9.17, 15) is 4.79 Å². The van der Waals surface area contributed by atoms with Crippen LogP contribution in [0.1, 0.15) is 36.3 Å². The number of nitrogens with two attached hydrogens (primary N) is 1. The molecule has 0 saturated carbocycles. The summed E-state index contributed by atoms with van der Waals surface area (Å²) < 4.78 is 5.80. The summed E-state index contributed by atoms with van der Waals surface area (Å²) in [5.41, 5.74) is 4.62. The molecule has 0 bridgehead atoms. The lowest BCUT2D eigenvalue weighted by Crippen LogP contribution is -2.30. The molecule has 2 aromatic rings. The zero-order chi connectivity index (χ0) is 15.4. The van der Waals surface area contributed by atoms with E-state index in [-0.39, 0.29) is 12.0 Å². The van der Waals surface area contributed by atoms with Gasteiger partial charge in [0.05, 0.1) is 11.7 Å². The van der Waals surface area contributed by atoms with Gasteiger partial charge in [-0.2, -0.15) is 5.10 Å². The molecule has 21 heavy (non-hydrogen) atoms. The number of amides is 1. The van der Waals surface area contributed by atoms with Crippen molar-refractivity contribution in [3.8, 4) is 17.0 Å². The molecular weight excluding hydrogens is 268 g/mol. The summed E-state index contributed by atoms with van der Waals surface area (Å²) in [7, 11) is 0. The van der Waals surface area contributed by atoms with Gasteiger partial charge in [0, 0.05) is 11.3 Å². The number of rotatable bonds is 5. The summed E-state index contributed by atoms with van der Waals surface area (Å²) in [5.74, 6) is 5.61. The van der Waals surface area contributed by atoms with E-state index in [0.29, 0.717) is 17.0 Å². The number of nitrogens with one attached hydrogen (secondary N) is 2. The van der Waals surface area contributed by atoms with Crippen molar-refractivity contribution < 1.29 is 9.53 Å². The number of aryl methyl sites for hydroxylation is 1. The van der Waals surface area contributed by atoms with Gasteiger partial charge in [0.25, 0.3) is 5.91 Å². The van der Waals surface area contributed by atoms with Crippen molar-refractivity contribution in [2.24, 2.45) is 5.84 Å². The van der Waals surface area contributed by atoms with Crippen LogP contribution in [0.2, 0.25) is 0 Å². The van der Waals surface area contributed by atoms with Crippen LogP contribution >= 0.6 is 0 Å². The molecule has 0 spiro atoms. The zero-order valence-corrected chi connectivity index (χ0v) is 12.4. The maximum absolute atomic E-state index is 11.9. The number of aromatic nitrogens is 2. The number of H-pyrrole nitrogens is 1. The molecule has 1 amide bonds. The van der Waals surface area contributed by atoms with Gasteiger partial charge in [0.15, 0.2) is 0 Å². The van der Waals surface area contributed by atoms with Gasteiger partial charge in [-0.1, -0.05) is 19.1 Å². The molecule has 6 nitrogen and oxygen atoms in total. The molecule has 1 heterocycles. The lowest BCUT2D eigenvalue weighted by atomic mass is 10.1. The molecule has 0 saturated heterocycles. The van der Waals surface area contributed by atoms with Crippen LogP contribution in [0.25, 0.3) is 11.3 Å². The minimum Gasteiger partial charge on any atom is -0.491 e. The molecule has 6 heteroatoms. The van der Waals surface area contributed by atoms with Crippen molar-refractivity contribution in [1.82, 2.24) is 15.6 Å². The summed E-state index contributed by atoms with van der Waals surface area (Å²) in [6.07, 6.45) is 1.06. The fourth-order valence-corrected chi connectivity index (χ4v) is 2.02. The van der Waals surface area contributed by atoms with Crippen LogP contribution in [0, 0.1) is 6.92 Å². The summed E-state index contributed by atoms with van der Waals surface area (Å²) in [6, 6.07) is 7.51. The molecule has 0 radical (unpaired) electrons. The first-order valence-electron chi connectivity index (χ1n) is 6.89. The van der Waals surface area contributed by atoms with E-state index in [1.165, 1.54) is 0 Å². The number of ether oxygens (including phenoxy) is 1. The first-order chi connectivity index (χ1) is 10.1. The normalized spacial score (nSPS) is 12.0. The van der Waals surface area contributed by atoms with Gasteiger partial charge in [-0.15, -0.1) is 0 Å². The van der Waals surface area contributed by atoms with E-state index >= 15 is 0 Å². The van der Waals surface area contributed by atoms with Crippen LogP contribution in [0.4, 0.5) is 0 Å². The molecule has 0 aliphatic rings. The van der Waals surface area contributed by atoms with Gasteiger partial charge in [0.1, 0.15) is 11.4 Å². The fourth-order valence-electron chi connectivity index (χ4n) is 2.02. The summed E-state index contributed by atoms with van der Waals surface area (Å²) in [4.78, 5) is 11.9. The van der Waals surface area contributed by atoms with Crippen LogP contribution in [0.3, 0.4) is 0 Å². The number of nitrogen functional groups attached to an aromatic ring is 1. The predicted molar refractivity (Wildman–Crippen MR) is 80.8 cm³/mol. The van der Waals surface area contributed by atoms with E-state index in [0.717, 1.165) is 17.7 Å². The zero-order valence-electron chi connectivity index (χ0n) is 12.4. The topological polar surface area (TPSA) is 93.0 Å². The minimum absolute atomic E-state index is 0.132. The first-order valence-corrected chi connectivity index (χ1v) is 6.89. The Bertz CT molecular complexity index is 636. The molecule has 1 unspecified atom stereocenters. The van der Waals surface area contributed by atoms with Crippen LogP contribution in [-0.2, 0) is 0 Å². The average molecular weight is 288 g/mol. The quantitative estimate of drug-likeness (QED) is 0.446. The molecular formula is C15H20N4O2. The molecule has 1 aromatic carbocycles. The van der Waals surface area contributed by atoms with Crippen LogP contribution in [0.15, 0.2) is 24.3 Å². The van der Waals surface area contributed by atoms with Gasteiger partial charge in [-0.25, -0.2) is 5.84 Å². The number of carbonyl (C=O) groups is 1.